The second-order valence-corrected chi connectivity index (χ2v) is 6.05. The van der Waals surface area contributed by atoms with Crippen LogP contribution in [0.5, 0.6) is 0 Å². The van der Waals surface area contributed by atoms with Gasteiger partial charge in [0.2, 0.25) is 0 Å². The molecule has 1 aliphatic rings. The molecule has 0 saturated heterocycles. The van der Waals surface area contributed by atoms with Crippen molar-refractivity contribution in [2.75, 3.05) is 11.6 Å². The first-order chi connectivity index (χ1) is 9.13. The van der Waals surface area contributed by atoms with Crippen molar-refractivity contribution in [2.45, 2.75) is 43.5 Å². The van der Waals surface area contributed by atoms with Crippen LogP contribution < -0.4 is 5.32 Å². The number of benzene rings is 1. The van der Waals surface area contributed by atoms with Crippen molar-refractivity contribution in [3.63, 3.8) is 0 Å². The summed E-state index contributed by atoms with van der Waals surface area (Å²) in [6.45, 7) is 2.25. The number of anilines is 1. The van der Waals surface area contributed by atoms with E-state index in [-0.39, 0.29) is 0 Å². The van der Waals surface area contributed by atoms with Crippen molar-refractivity contribution in [3.8, 4) is 0 Å². The SMILES string of the molecule is CSc1cccc(NC2CCCCC2C)c1C(=O)O. The van der Waals surface area contributed by atoms with Gasteiger partial charge in [-0.25, -0.2) is 4.79 Å². The molecular weight excluding hydrogens is 258 g/mol. The maximum Gasteiger partial charge on any atom is 0.338 e. The van der Waals surface area contributed by atoms with Gasteiger partial charge in [-0.1, -0.05) is 25.8 Å². The van der Waals surface area contributed by atoms with Crippen LogP contribution in [0.25, 0.3) is 0 Å². The number of thioether (sulfide) groups is 1. The average molecular weight is 279 g/mol. The van der Waals surface area contributed by atoms with Crippen LogP contribution >= 0.6 is 11.8 Å². The van der Waals surface area contributed by atoms with Crippen molar-refractivity contribution >= 4 is 23.4 Å². The van der Waals surface area contributed by atoms with Crippen LogP contribution in [0.3, 0.4) is 0 Å². The second-order valence-electron chi connectivity index (χ2n) is 5.20. The summed E-state index contributed by atoms with van der Waals surface area (Å²) in [5, 5.41) is 12.9. The molecule has 1 fully saturated rings. The van der Waals surface area contributed by atoms with Crippen LogP contribution in [-0.2, 0) is 0 Å². The summed E-state index contributed by atoms with van der Waals surface area (Å²) in [6, 6.07) is 6.06. The zero-order valence-electron chi connectivity index (χ0n) is 11.5. The zero-order valence-corrected chi connectivity index (χ0v) is 12.3. The quantitative estimate of drug-likeness (QED) is 0.815. The fourth-order valence-electron chi connectivity index (χ4n) is 2.77. The molecule has 1 aromatic carbocycles. The van der Waals surface area contributed by atoms with E-state index in [9.17, 15) is 9.90 Å². The molecule has 1 aromatic rings. The van der Waals surface area contributed by atoms with Crippen molar-refractivity contribution in [3.05, 3.63) is 23.8 Å². The van der Waals surface area contributed by atoms with Crippen LogP contribution in [0.15, 0.2) is 23.1 Å². The van der Waals surface area contributed by atoms with Gasteiger partial charge in [0.25, 0.3) is 0 Å². The van der Waals surface area contributed by atoms with Crippen molar-refractivity contribution < 1.29 is 9.90 Å². The Morgan fingerprint density at radius 1 is 1.37 bits per heavy atom. The Morgan fingerprint density at radius 3 is 2.74 bits per heavy atom. The van der Waals surface area contributed by atoms with Crippen molar-refractivity contribution in [1.82, 2.24) is 0 Å². The van der Waals surface area contributed by atoms with E-state index >= 15 is 0 Å². The fraction of sp³-hybridized carbons (Fsp3) is 0.533. The fourth-order valence-corrected chi connectivity index (χ4v) is 3.39. The third-order valence-electron chi connectivity index (χ3n) is 3.91. The Labute approximate surface area is 118 Å². The van der Waals surface area contributed by atoms with E-state index in [1.807, 2.05) is 24.5 Å². The largest absolute Gasteiger partial charge is 0.478 e. The number of carboxylic acid groups (broad SMARTS) is 1. The summed E-state index contributed by atoms with van der Waals surface area (Å²) in [7, 11) is 0. The Bertz CT molecular complexity index is 461. The molecule has 2 unspecified atom stereocenters. The topological polar surface area (TPSA) is 49.3 Å². The first-order valence-electron chi connectivity index (χ1n) is 6.80. The van der Waals surface area contributed by atoms with Gasteiger partial charge in [-0.2, -0.15) is 0 Å². The number of hydrogen-bond acceptors (Lipinski definition) is 3. The van der Waals surface area contributed by atoms with Gasteiger partial charge >= 0.3 is 5.97 Å². The molecule has 0 heterocycles. The smallest absolute Gasteiger partial charge is 0.338 e. The Kier molecular flexibility index (Phi) is 4.75. The van der Waals surface area contributed by atoms with Crippen LogP contribution in [0.2, 0.25) is 0 Å². The molecule has 19 heavy (non-hydrogen) atoms. The van der Waals surface area contributed by atoms with E-state index in [0.29, 0.717) is 17.5 Å². The van der Waals surface area contributed by atoms with E-state index < -0.39 is 5.97 Å². The predicted octanol–water partition coefficient (Wildman–Crippen LogP) is 4.10. The second kappa shape index (κ2) is 6.33. The number of carboxylic acids is 1. The van der Waals surface area contributed by atoms with Crippen molar-refractivity contribution in [1.29, 1.82) is 0 Å². The molecule has 4 heteroatoms. The van der Waals surface area contributed by atoms with Crippen LogP contribution in [0.1, 0.15) is 43.0 Å². The van der Waals surface area contributed by atoms with Crippen LogP contribution in [-0.4, -0.2) is 23.4 Å². The van der Waals surface area contributed by atoms with Gasteiger partial charge in [-0.05, 0) is 37.1 Å². The molecule has 0 bridgehead atoms. The van der Waals surface area contributed by atoms with Gasteiger partial charge in [-0.15, -0.1) is 11.8 Å². The molecule has 0 aliphatic heterocycles. The van der Waals surface area contributed by atoms with Crippen LogP contribution in [0.4, 0.5) is 5.69 Å². The molecule has 0 spiro atoms. The minimum atomic E-state index is -0.851. The standard InChI is InChI=1S/C15H21NO2S/c1-10-6-3-4-7-11(10)16-12-8-5-9-13(19-2)14(12)15(17)18/h5,8-11,16H,3-4,6-7H2,1-2H3,(H,17,18). The summed E-state index contributed by atoms with van der Waals surface area (Å²) in [4.78, 5) is 12.3. The molecule has 2 atom stereocenters. The molecule has 1 aliphatic carbocycles. The summed E-state index contributed by atoms with van der Waals surface area (Å²) in [5.74, 6) is -0.246. The molecule has 0 radical (unpaired) electrons. The minimum absolute atomic E-state index is 0.393. The molecule has 0 aromatic heterocycles. The third-order valence-corrected chi connectivity index (χ3v) is 4.69. The van der Waals surface area contributed by atoms with E-state index in [2.05, 4.69) is 12.2 Å². The molecule has 104 valence electrons. The predicted molar refractivity (Wildman–Crippen MR) is 80.2 cm³/mol. The number of carbonyl (C=O) groups is 1. The monoisotopic (exact) mass is 279 g/mol. The highest BCUT2D eigenvalue weighted by atomic mass is 32.2. The number of aromatic carboxylic acids is 1. The maximum absolute atomic E-state index is 11.5. The molecular formula is C15H21NO2S. The van der Waals surface area contributed by atoms with E-state index in [1.165, 1.54) is 31.0 Å². The Morgan fingerprint density at radius 2 is 2.11 bits per heavy atom. The summed E-state index contributed by atoms with van der Waals surface area (Å²) in [6.07, 6.45) is 6.78. The van der Waals surface area contributed by atoms with Gasteiger partial charge in [0.1, 0.15) is 0 Å². The maximum atomic E-state index is 11.5. The van der Waals surface area contributed by atoms with Gasteiger partial charge < -0.3 is 10.4 Å². The van der Waals surface area contributed by atoms with Gasteiger partial charge in [-0.3, -0.25) is 0 Å². The third kappa shape index (κ3) is 3.24. The average Bonchev–Trinajstić information content (AvgIpc) is 2.40. The van der Waals surface area contributed by atoms with Crippen LogP contribution in [0, 0.1) is 5.92 Å². The highest BCUT2D eigenvalue weighted by Crippen LogP contribution is 2.31. The number of hydrogen-bond donors (Lipinski definition) is 2. The highest BCUT2D eigenvalue weighted by molar-refractivity contribution is 7.98. The first kappa shape index (κ1) is 14.3. The van der Waals surface area contributed by atoms with E-state index in [4.69, 9.17) is 0 Å². The molecule has 2 rings (SSSR count). The molecule has 1 saturated carbocycles. The number of rotatable bonds is 4. The first-order valence-corrected chi connectivity index (χ1v) is 8.02. The lowest BCUT2D eigenvalue weighted by Crippen LogP contribution is -2.31. The lowest BCUT2D eigenvalue weighted by molar-refractivity contribution is 0.0694. The number of nitrogens with one attached hydrogen (secondary N) is 1. The van der Waals surface area contributed by atoms with Crippen molar-refractivity contribution in [2.24, 2.45) is 5.92 Å². The van der Waals surface area contributed by atoms with Gasteiger partial charge in [0, 0.05) is 10.9 Å². The highest BCUT2D eigenvalue weighted by Gasteiger charge is 2.23. The lowest BCUT2D eigenvalue weighted by Gasteiger charge is -2.31. The molecule has 0 amide bonds. The molecule has 3 nitrogen and oxygen atoms in total. The van der Waals surface area contributed by atoms with E-state index in [1.54, 1.807) is 0 Å². The van der Waals surface area contributed by atoms with Gasteiger partial charge in [0.05, 0.1) is 11.3 Å². The normalized spacial score (nSPS) is 23.1. The molecule has 2 N–H and O–H groups in total. The Balaban J connectivity index is 2.26. The van der Waals surface area contributed by atoms with E-state index in [0.717, 1.165) is 17.0 Å². The van der Waals surface area contributed by atoms with Gasteiger partial charge in [0.15, 0.2) is 0 Å². The summed E-state index contributed by atoms with van der Waals surface area (Å²) < 4.78 is 0. The Hall–Kier alpha value is -1.16. The lowest BCUT2D eigenvalue weighted by atomic mass is 9.85. The zero-order chi connectivity index (χ0) is 13.8. The minimum Gasteiger partial charge on any atom is -0.478 e. The summed E-state index contributed by atoms with van der Waals surface area (Å²) in [5.41, 5.74) is 1.17. The summed E-state index contributed by atoms with van der Waals surface area (Å²) >= 11 is 1.48.